The lowest BCUT2D eigenvalue weighted by molar-refractivity contribution is 0.102. The molecule has 3 rings (SSSR count). The van der Waals surface area contributed by atoms with E-state index in [0.29, 0.717) is 16.4 Å². The standard InChI is InChI=1S/C18H17N3O2S/c1-12(13-7-4-3-5-8-13)17-20-21-18(24-17)19-16(22)14-9-6-10-15(11-14)23-2/h3-12H,1-2H3,(H,19,21,22)/t12-/m0/s1. The van der Waals surface area contributed by atoms with Crippen LogP contribution in [0.5, 0.6) is 5.75 Å². The molecule has 1 N–H and O–H groups in total. The number of aromatic nitrogens is 2. The summed E-state index contributed by atoms with van der Waals surface area (Å²) in [5, 5.41) is 12.4. The van der Waals surface area contributed by atoms with Gasteiger partial charge in [0, 0.05) is 11.5 Å². The van der Waals surface area contributed by atoms with Gasteiger partial charge in [-0.25, -0.2) is 0 Å². The van der Waals surface area contributed by atoms with E-state index in [4.69, 9.17) is 4.74 Å². The topological polar surface area (TPSA) is 64.1 Å². The predicted molar refractivity (Wildman–Crippen MR) is 94.8 cm³/mol. The number of nitrogens with zero attached hydrogens (tertiary/aromatic N) is 2. The maximum Gasteiger partial charge on any atom is 0.257 e. The first-order valence-electron chi connectivity index (χ1n) is 7.51. The van der Waals surface area contributed by atoms with Crippen molar-refractivity contribution in [2.24, 2.45) is 0 Å². The average molecular weight is 339 g/mol. The maximum absolute atomic E-state index is 12.3. The van der Waals surface area contributed by atoms with Crippen LogP contribution in [0, 0.1) is 0 Å². The van der Waals surface area contributed by atoms with Crippen LogP contribution in [0.25, 0.3) is 0 Å². The van der Waals surface area contributed by atoms with E-state index in [1.807, 2.05) is 18.2 Å². The number of ether oxygens (including phenoxy) is 1. The summed E-state index contributed by atoms with van der Waals surface area (Å²) in [6.45, 7) is 2.07. The van der Waals surface area contributed by atoms with Crippen LogP contribution in [0.3, 0.4) is 0 Å². The third-order valence-corrected chi connectivity index (χ3v) is 4.68. The lowest BCUT2D eigenvalue weighted by Gasteiger charge is -2.06. The molecule has 0 saturated heterocycles. The van der Waals surface area contributed by atoms with Gasteiger partial charge in [-0.15, -0.1) is 10.2 Å². The van der Waals surface area contributed by atoms with Gasteiger partial charge in [-0.05, 0) is 23.8 Å². The van der Waals surface area contributed by atoms with Gasteiger partial charge in [0.2, 0.25) is 5.13 Å². The molecule has 6 heteroatoms. The molecule has 0 spiro atoms. The number of hydrogen-bond donors (Lipinski definition) is 1. The third kappa shape index (κ3) is 3.60. The molecule has 1 atom stereocenters. The van der Waals surface area contributed by atoms with Crippen molar-refractivity contribution in [2.45, 2.75) is 12.8 Å². The first-order valence-corrected chi connectivity index (χ1v) is 8.33. The largest absolute Gasteiger partial charge is 0.497 e. The van der Waals surface area contributed by atoms with Gasteiger partial charge in [0.25, 0.3) is 5.91 Å². The fourth-order valence-electron chi connectivity index (χ4n) is 2.28. The zero-order chi connectivity index (χ0) is 16.9. The summed E-state index contributed by atoms with van der Waals surface area (Å²) >= 11 is 1.38. The summed E-state index contributed by atoms with van der Waals surface area (Å²) < 4.78 is 5.13. The van der Waals surface area contributed by atoms with Gasteiger partial charge < -0.3 is 4.74 Å². The molecular formula is C18H17N3O2S. The lowest BCUT2D eigenvalue weighted by Crippen LogP contribution is -2.11. The van der Waals surface area contributed by atoms with Gasteiger partial charge in [-0.3, -0.25) is 10.1 Å². The number of rotatable bonds is 5. The number of hydrogen-bond acceptors (Lipinski definition) is 5. The molecule has 0 aliphatic rings. The van der Waals surface area contributed by atoms with Crippen LogP contribution in [0.2, 0.25) is 0 Å². The number of amides is 1. The van der Waals surface area contributed by atoms with E-state index >= 15 is 0 Å². The molecule has 0 bridgehead atoms. The highest BCUT2D eigenvalue weighted by Gasteiger charge is 2.16. The second-order valence-electron chi connectivity index (χ2n) is 5.26. The van der Waals surface area contributed by atoms with E-state index in [2.05, 4.69) is 34.6 Å². The van der Waals surface area contributed by atoms with Crippen molar-refractivity contribution < 1.29 is 9.53 Å². The molecule has 1 heterocycles. The molecule has 0 unspecified atom stereocenters. The predicted octanol–water partition coefficient (Wildman–Crippen LogP) is 3.95. The van der Waals surface area contributed by atoms with Gasteiger partial charge >= 0.3 is 0 Å². The minimum Gasteiger partial charge on any atom is -0.497 e. The van der Waals surface area contributed by atoms with Crippen molar-refractivity contribution in [1.82, 2.24) is 10.2 Å². The number of nitrogens with one attached hydrogen (secondary N) is 1. The summed E-state index contributed by atoms with van der Waals surface area (Å²) in [4.78, 5) is 12.3. The molecular weight excluding hydrogens is 322 g/mol. The van der Waals surface area contributed by atoms with Crippen molar-refractivity contribution in [1.29, 1.82) is 0 Å². The second-order valence-corrected chi connectivity index (χ2v) is 6.27. The Morgan fingerprint density at radius 3 is 2.67 bits per heavy atom. The smallest absolute Gasteiger partial charge is 0.257 e. The van der Waals surface area contributed by atoms with Crippen LogP contribution in [0.4, 0.5) is 5.13 Å². The van der Waals surface area contributed by atoms with Gasteiger partial charge in [0.15, 0.2) is 0 Å². The van der Waals surface area contributed by atoms with Gasteiger partial charge in [-0.1, -0.05) is 54.7 Å². The number of carbonyl (C=O) groups is 1. The summed E-state index contributed by atoms with van der Waals surface area (Å²) in [5.41, 5.74) is 1.68. The molecule has 0 saturated carbocycles. The van der Waals surface area contributed by atoms with Crippen molar-refractivity contribution in [3.8, 4) is 5.75 Å². The van der Waals surface area contributed by atoms with Crippen LogP contribution in [-0.2, 0) is 0 Å². The van der Waals surface area contributed by atoms with Crippen LogP contribution in [0.1, 0.15) is 33.8 Å². The second kappa shape index (κ2) is 7.23. The number of carbonyl (C=O) groups excluding carboxylic acids is 1. The highest BCUT2D eigenvalue weighted by Crippen LogP contribution is 2.28. The van der Waals surface area contributed by atoms with E-state index in [1.54, 1.807) is 31.4 Å². The van der Waals surface area contributed by atoms with Crippen molar-refractivity contribution in [3.63, 3.8) is 0 Å². The Balaban J connectivity index is 1.73. The third-order valence-electron chi connectivity index (χ3n) is 3.66. The Labute approximate surface area is 144 Å². The van der Waals surface area contributed by atoms with Gasteiger partial charge in [-0.2, -0.15) is 0 Å². The van der Waals surface area contributed by atoms with Gasteiger partial charge in [0.1, 0.15) is 10.8 Å². The number of benzene rings is 2. The molecule has 1 aromatic heterocycles. The van der Waals surface area contributed by atoms with Gasteiger partial charge in [0.05, 0.1) is 7.11 Å². The van der Waals surface area contributed by atoms with Crippen LogP contribution >= 0.6 is 11.3 Å². The average Bonchev–Trinajstić information content (AvgIpc) is 3.10. The lowest BCUT2D eigenvalue weighted by atomic mass is 10.0. The van der Waals surface area contributed by atoms with E-state index < -0.39 is 0 Å². The summed E-state index contributed by atoms with van der Waals surface area (Å²) in [6.07, 6.45) is 0. The van der Waals surface area contributed by atoms with E-state index in [9.17, 15) is 4.79 Å². The summed E-state index contributed by atoms with van der Waals surface area (Å²) in [7, 11) is 1.57. The summed E-state index contributed by atoms with van der Waals surface area (Å²) in [6, 6.07) is 17.1. The highest BCUT2D eigenvalue weighted by atomic mass is 32.1. The van der Waals surface area contributed by atoms with Crippen molar-refractivity contribution >= 4 is 22.4 Å². The van der Waals surface area contributed by atoms with Crippen molar-refractivity contribution in [3.05, 3.63) is 70.7 Å². The molecule has 0 aliphatic heterocycles. The molecule has 2 aromatic carbocycles. The number of anilines is 1. The van der Waals surface area contributed by atoms with Crippen molar-refractivity contribution in [2.75, 3.05) is 12.4 Å². The normalized spacial score (nSPS) is 11.8. The zero-order valence-electron chi connectivity index (χ0n) is 13.4. The maximum atomic E-state index is 12.3. The Hall–Kier alpha value is -2.73. The minimum atomic E-state index is -0.232. The van der Waals surface area contributed by atoms with E-state index in [0.717, 1.165) is 5.01 Å². The first-order chi connectivity index (χ1) is 11.7. The fraction of sp³-hybridized carbons (Fsp3) is 0.167. The highest BCUT2D eigenvalue weighted by molar-refractivity contribution is 7.15. The molecule has 1 amide bonds. The molecule has 0 fully saturated rings. The zero-order valence-corrected chi connectivity index (χ0v) is 14.2. The fourth-order valence-corrected chi connectivity index (χ4v) is 3.10. The quantitative estimate of drug-likeness (QED) is 0.764. The Kier molecular flexibility index (Phi) is 4.86. The minimum absolute atomic E-state index is 0.131. The Morgan fingerprint density at radius 2 is 1.92 bits per heavy atom. The summed E-state index contributed by atoms with van der Waals surface area (Å²) in [5.74, 6) is 0.536. The Morgan fingerprint density at radius 1 is 1.12 bits per heavy atom. The number of methoxy groups -OCH3 is 1. The SMILES string of the molecule is COc1cccc(C(=O)Nc2nnc([C@@H](C)c3ccccc3)s2)c1. The van der Waals surface area contributed by atoms with Crippen LogP contribution < -0.4 is 10.1 Å². The van der Waals surface area contributed by atoms with Crippen LogP contribution in [-0.4, -0.2) is 23.2 Å². The van der Waals surface area contributed by atoms with Crippen LogP contribution in [0.15, 0.2) is 54.6 Å². The molecule has 122 valence electrons. The molecule has 0 radical (unpaired) electrons. The molecule has 0 aliphatic carbocycles. The van der Waals surface area contributed by atoms with E-state index in [1.165, 1.54) is 16.9 Å². The molecule has 5 nitrogen and oxygen atoms in total. The monoisotopic (exact) mass is 339 g/mol. The molecule has 24 heavy (non-hydrogen) atoms. The molecule has 3 aromatic rings. The Bertz CT molecular complexity index is 833. The first kappa shape index (κ1) is 16.1. The van der Waals surface area contributed by atoms with E-state index in [-0.39, 0.29) is 11.8 Å².